The highest BCUT2D eigenvalue weighted by atomic mass is 127. The molecule has 1 amide bonds. The molecule has 0 aliphatic carbocycles. The van der Waals surface area contributed by atoms with Gasteiger partial charge in [0.2, 0.25) is 0 Å². The molecular formula is C13H14INO4. The van der Waals surface area contributed by atoms with E-state index in [-0.39, 0.29) is 12.3 Å². The Morgan fingerprint density at radius 1 is 1.42 bits per heavy atom. The van der Waals surface area contributed by atoms with Gasteiger partial charge in [0.25, 0.3) is 5.91 Å². The molecule has 1 aliphatic heterocycles. The van der Waals surface area contributed by atoms with Crippen LogP contribution in [0.25, 0.3) is 0 Å². The zero-order chi connectivity index (χ0) is 13.8. The number of rotatable bonds is 3. The van der Waals surface area contributed by atoms with Crippen LogP contribution in [0.15, 0.2) is 24.3 Å². The first-order valence-corrected chi connectivity index (χ1v) is 7.03. The molecule has 2 rings (SSSR count). The molecule has 1 fully saturated rings. The Hall–Kier alpha value is -1.15. The lowest BCUT2D eigenvalue weighted by molar-refractivity contribution is -0.141. The van der Waals surface area contributed by atoms with Crippen molar-refractivity contribution in [1.29, 1.82) is 0 Å². The molecule has 1 N–H and O–H groups in total. The van der Waals surface area contributed by atoms with Gasteiger partial charge in [0.1, 0.15) is 0 Å². The summed E-state index contributed by atoms with van der Waals surface area (Å²) in [6, 6.07) is 7.37. The standard InChI is InChI=1S/C13H14INO4/c14-11-4-2-1-3-10(11)13(18)15-5-6-19-9(8-15)7-12(16)17/h1-4,9H,5-8H2,(H,16,17). The van der Waals surface area contributed by atoms with E-state index >= 15 is 0 Å². The van der Waals surface area contributed by atoms with E-state index in [4.69, 9.17) is 9.84 Å². The van der Waals surface area contributed by atoms with Gasteiger partial charge in [-0.3, -0.25) is 9.59 Å². The number of ether oxygens (including phenoxy) is 1. The van der Waals surface area contributed by atoms with Gasteiger partial charge in [0.05, 0.1) is 24.7 Å². The van der Waals surface area contributed by atoms with Gasteiger partial charge in [-0.2, -0.15) is 0 Å². The zero-order valence-corrected chi connectivity index (χ0v) is 12.4. The Labute approximate surface area is 124 Å². The van der Waals surface area contributed by atoms with E-state index in [0.717, 1.165) is 3.57 Å². The fourth-order valence-corrected chi connectivity index (χ4v) is 2.65. The van der Waals surface area contributed by atoms with Gasteiger partial charge in [-0.1, -0.05) is 12.1 Å². The third-order valence-corrected chi connectivity index (χ3v) is 3.87. The molecule has 0 aromatic heterocycles. The Kier molecular flexibility index (Phi) is 4.76. The molecule has 0 bridgehead atoms. The molecule has 0 radical (unpaired) electrons. The normalized spacial score (nSPS) is 19.2. The van der Waals surface area contributed by atoms with Crippen LogP contribution < -0.4 is 0 Å². The van der Waals surface area contributed by atoms with E-state index in [1.807, 2.05) is 18.2 Å². The third kappa shape index (κ3) is 3.66. The zero-order valence-electron chi connectivity index (χ0n) is 10.2. The van der Waals surface area contributed by atoms with Crippen molar-refractivity contribution in [2.45, 2.75) is 12.5 Å². The van der Waals surface area contributed by atoms with Gasteiger partial charge in [-0.15, -0.1) is 0 Å². The van der Waals surface area contributed by atoms with Gasteiger partial charge >= 0.3 is 5.97 Å². The smallest absolute Gasteiger partial charge is 0.306 e. The molecule has 1 heterocycles. The number of amides is 1. The average molecular weight is 375 g/mol. The van der Waals surface area contributed by atoms with Gasteiger partial charge in [0.15, 0.2) is 0 Å². The van der Waals surface area contributed by atoms with Crippen molar-refractivity contribution in [3.63, 3.8) is 0 Å². The molecule has 1 aliphatic rings. The van der Waals surface area contributed by atoms with E-state index in [2.05, 4.69) is 22.6 Å². The van der Waals surface area contributed by atoms with E-state index < -0.39 is 12.1 Å². The van der Waals surface area contributed by atoms with E-state index in [0.29, 0.717) is 25.3 Å². The molecule has 1 unspecified atom stereocenters. The number of carboxylic acid groups (broad SMARTS) is 1. The highest BCUT2D eigenvalue weighted by Gasteiger charge is 2.27. The minimum absolute atomic E-state index is 0.0660. The maximum Gasteiger partial charge on any atom is 0.306 e. The van der Waals surface area contributed by atoms with Crippen LogP contribution in [0.3, 0.4) is 0 Å². The number of halogens is 1. The molecule has 19 heavy (non-hydrogen) atoms. The van der Waals surface area contributed by atoms with Crippen molar-refractivity contribution < 1.29 is 19.4 Å². The lowest BCUT2D eigenvalue weighted by Crippen LogP contribution is -2.46. The lowest BCUT2D eigenvalue weighted by atomic mass is 10.1. The second kappa shape index (κ2) is 6.33. The highest BCUT2D eigenvalue weighted by molar-refractivity contribution is 14.1. The quantitative estimate of drug-likeness (QED) is 0.816. The highest BCUT2D eigenvalue weighted by Crippen LogP contribution is 2.17. The molecule has 6 heteroatoms. The molecule has 1 aromatic rings. The molecule has 102 valence electrons. The van der Waals surface area contributed by atoms with Crippen molar-refractivity contribution in [3.8, 4) is 0 Å². The summed E-state index contributed by atoms with van der Waals surface area (Å²) in [6.07, 6.45) is -0.494. The van der Waals surface area contributed by atoms with Crippen LogP contribution in [0, 0.1) is 3.57 Å². The SMILES string of the molecule is O=C(O)CC1CN(C(=O)c2ccccc2I)CCO1. The maximum absolute atomic E-state index is 12.4. The predicted octanol–water partition coefficient (Wildman–Crippen LogP) is 1.61. The van der Waals surface area contributed by atoms with Crippen molar-refractivity contribution in [2.75, 3.05) is 19.7 Å². The van der Waals surface area contributed by atoms with Crippen LogP contribution in [0.4, 0.5) is 0 Å². The number of nitrogens with zero attached hydrogens (tertiary/aromatic N) is 1. The third-order valence-electron chi connectivity index (χ3n) is 2.93. The minimum atomic E-state index is -0.909. The fourth-order valence-electron chi connectivity index (χ4n) is 2.03. The van der Waals surface area contributed by atoms with Crippen LogP contribution in [0.1, 0.15) is 16.8 Å². The van der Waals surface area contributed by atoms with Crippen molar-refractivity contribution in [3.05, 3.63) is 33.4 Å². The van der Waals surface area contributed by atoms with Crippen molar-refractivity contribution in [1.82, 2.24) is 4.90 Å². The molecule has 5 nitrogen and oxygen atoms in total. The number of carbonyl (C=O) groups is 2. The summed E-state index contributed by atoms with van der Waals surface area (Å²) < 4.78 is 6.25. The molecule has 0 spiro atoms. The maximum atomic E-state index is 12.4. The number of aliphatic carboxylic acids is 1. The average Bonchev–Trinajstić information content (AvgIpc) is 2.38. The second-order valence-corrected chi connectivity index (χ2v) is 5.48. The van der Waals surface area contributed by atoms with Crippen LogP contribution in [0.2, 0.25) is 0 Å². The van der Waals surface area contributed by atoms with Crippen LogP contribution in [-0.4, -0.2) is 47.7 Å². The number of carbonyl (C=O) groups excluding carboxylic acids is 1. The van der Waals surface area contributed by atoms with Gasteiger partial charge < -0.3 is 14.7 Å². The molecule has 1 saturated heterocycles. The summed E-state index contributed by atoms with van der Waals surface area (Å²) in [7, 11) is 0. The number of hydrogen-bond acceptors (Lipinski definition) is 3. The summed E-state index contributed by atoms with van der Waals surface area (Å²) in [5, 5.41) is 8.77. The molecular weight excluding hydrogens is 361 g/mol. The molecule has 1 aromatic carbocycles. The Bertz CT molecular complexity index is 491. The van der Waals surface area contributed by atoms with Gasteiger partial charge in [-0.25, -0.2) is 0 Å². The minimum Gasteiger partial charge on any atom is -0.481 e. The number of morpholine rings is 1. The van der Waals surface area contributed by atoms with Gasteiger partial charge in [-0.05, 0) is 34.7 Å². The summed E-state index contributed by atoms with van der Waals surface area (Å²) >= 11 is 2.12. The largest absolute Gasteiger partial charge is 0.481 e. The summed E-state index contributed by atoms with van der Waals surface area (Å²) in [4.78, 5) is 24.7. The second-order valence-electron chi connectivity index (χ2n) is 4.32. The predicted molar refractivity (Wildman–Crippen MR) is 77.1 cm³/mol. The van der Waals surface area contributed by atoms with E-state index in [1.54, 1.807) is 11.0 Å². The fraction of sp³-hybridized carbons (Fsp3) is 0.385. The topological polar surface area (TPSA) is 66.8 Å². The summed E-state index contributed by atoms with van der Waals surface area (Å²) in [5.74, 6) is -0.975. The monoisotopic (exact) mass is 375 g/mol. The molecule has 0 saturated carbocycles. The Morgan fingerprint density at radius 3 is 2.84 bits per heavy atom. The Balaban J connectivity index is 2.07. The first kappa shape index (κ1) is 14.3. The van der Waals surface area contributed by atoms with Crippen LogP contribution in [-0.2, 0) is 9.53 Å². The number of benzene rings is 1. The summed E-state index contributed by atoms with van der Waals surface area (Å²) in [6.45, 7) is 1.21. The van der Waals surface area contributed by atoms with Crippen molar-refractivity contribution in [2.24, 2.45) is 0 Å². The number of hydrogen-bond donors (Lipinski definition) is 1. The van der Waals surface area contributed by atoms with Gasteiger partial charge in [0, 0.05) is 16.7 Å². The van der Waals surface area contributed by atoms with Crippen LogP contribution in [0.5, 0.6) is 0 Å². The Morgan fingerprint density at radius 2 is 2.16 bits per heavy atom. The van der Waals surface area contributed by atoms with Crippen molar-refractivity contribution >= 4 is 34.5 Å². The lowest BCUT2D eigenvalue weighted by Gasteiger charge is -2.32. The van der Waals surface area contributed by atoms with E-state index in [9.17, 15) is 9.59 Å². The first-order valence-electron chi connectivity index (χ1n) is 5.95. The number of carboxylic acids is 1. The summed E-state index contributed by atoms with van der Waals surface area (Å²) in [5.41, 5.74) is 0.652. The van der Waals surface area contributed by atoms with Crippen LogP contribution >= 0.6 is 22.6 Å². The molecule has 1 atom stereocenters. The first-order chi connectivity index (χ1) is 9.08. The van der Waals surface area contributed by atoms with E-state index in [1.165, 1.54) is 0 Å².